The van der Waals surface area contributed by atoms with Crippen molar-refractivity contribution in [2.75, 3.05) is 11.1 Å². The Bertz CT molecular complexity index is 720. The number of aromatic hydroxyl groups is 2. The molecule has 0 aliphatic heterocycles. The number of amides is 1. The molecule has 0 heterocycles. The zero-order valence-electron chi connectivity index (χ0n) is 10.3. The molecule has 2 aromatic carbocycles. The molecule has 0 bridgehead atoms. The van der Waals surface area contributed by atoms with Gasteiger partial charge in [-0.2, -0.15) is 5.26 Å². The first-order chi connectivity index (χ1) is 9.51. The largest absolute Gasteiger partial charge is 0.508 e. The van der Waals surface area contributed by atoms with Crippen LogP contribution in [-0.4, -0.2) is 16.1 Å². The first-order valence-corrected chi connectivity index (χ1v) is 5.64. The average molecular weight is 269 g/mol. The molecular weight excluding hydrogens is 258 g/mol. The molecule has 0 spiro atoms. The van der Waals surface area contributed by atoms with Gasteiger partial charge in [0.05, 0.1) is 28.6 Å². The van der Waals surface area contributed by atoms with Crippen molar-refractivity contribution >= 4 is 17.3 Å². The summed E-state index contributed by atoms with van der Waals surface area (Å²) < 4.78 is 0. The summed E-state index contributed by atoms with van der Waals surface area (Å²) in [6.45, 7) is 0. The number of nitrogens with zero attached hydrogens (tertiary/aromatic N) is 1. The van der Waals surface area contributed by atoms with Crippen molar-refractivity contribution in [2.45, 2.75) is 0 Å². The highest BCUT2D eigenvalue weighted by molar-refractivity contribution is 6.07. The monoisotopic (exact) mass is 269 g/mol. The van der Waals surface area contributed by atoms with Crippen LogP contribution >= 0.6 is 0 Å². The van der Waals surface area contributed by atoms with Crippen LogP contribution in [0.3, 0.4) is 0 Å². The lowest BCUT2D eigenvalue weighted by atomic mass is 10.1. The summed E-state index contributed by atoms with van der Waals surface area (Å²) in [6, 6.07) is 9.98. The molecule has 20 heavy (non-hydrogen) atoms. The number of hydrogen-bond donors (Lipinski definition) is 4. The Morgan fingerprint density at radius 1 is 1.20 bits per heavy atom. The molecule has 0 aromatic heterocycles. The maximum absolute atomic E-state index is 12.0. The lowest BCUT2D eigenvalue weighted by Gasteiger charge is -2.09. The zero-order chi connectivity index (χ0) is 14.7. The number of carbonyl (C=O) groups is 1. The topological polar surface area (TPSA) is 119 Å². The average Bonchev–Trinajstić information content (AvgIpc) is 2.43. The van der Waals surface area contributed by atoms with Crippen LogP contribution in [0.4, 0.5) is 11.4 Å². The number of hydrogen-bond acceptors (Lipinski definition) is 5. The number of nitrogens with two attached hydrogens (primary N) is 1. The third-order valence-corrected chi connectivity index (χ3v) is 2.65. The van der Waals surface area contributed by atoms with Gasteiger partial charge < -0.3 is 21.3 Å². The Balaban J connectivity index is 2.28. The third kappa shape index (κ3) is 2.62. The molecule has 2 rings (SSSR count). The van der Waals surface area contributed by atoms with Gasteiger partial charge in [-0.15, -0.1) is 0 Å². The molecule has 0 aliphatic carbocycles. The summed E-state index contributed by atoms with van der Waals surface area (Å²) in [5, 5.41) is 30.1. The standard InChI is InChI=1S/C14H11N3O3/c15-7-8-1-3-12(11(16)5-8)17-14(20)10-6-9(18)2-4-13(10)19/h1-6,18-19H,16H2,(H,17,20). The van der Waals surface area contributed by atoms with Crippen molar-refractivity contribution in [3.05, 3.63) is 47.5 Å². The van der Waals surface area contributed by atoms with E-state index in [1.54, 1.807) is 0 Å². The van der Waals surface area contributed by atoms with Gasteiger partial charge in [0.25, 0.3) is 5.91 Å². The lowest BCUT2D eigenvalue weighted by molar-refractivity contribution is 0.102. The number of nitrogen functional groups attached to an aromatic ring is 1. The van der Waals surface area contributed by atoms with Crippen LogP contribution in [0.5, 0.6) is 11.5 Å². The molecule has 6 nitrogen and oxygen atoms in total. The minimum absolute atomic E-state index is 0.0752. The number of nitrogens with one attached hydrogen (secondary N) is 1. The predicted octanol–water partition coefficient (Wildman–Crippen LogP) is 1.80. The first kappa shape index (κ1) is 13.2. The van der Waals surface area contributed by atoms with E-state index in [9.17, 15) is 15.0 Å². The molecule has 0 fully saturated rings. The molecule has 0 aliphatic rings. The maximum Gasteiger partial charge on any atom is 0.259 e. The van der Waals surface area contributed by atoms with E-state index in [1.165, 1.54) is 30.3 Å². The minimum Gasteiger partial charge on any atom is -0.508 e. The number of anilines is 2. The Labute approximate surface area is 114 Å². The van der Waals surface area contributed by atoms with Crippen molar-refractivity contribution in [3.63, 3.8) is 0 Å². The lowest BCUT2D eigenvalue weighted by Crippen LogP contribution is -2.13. The normalized spacial score (nSPS) is 9.75. The van der Waals surface area contributed by atoms with Crippen molar-refractivity contribution in [1.82, 2.24) is 0 Å². The van der Waals surface area contributed by atoms with Crippen molar-refractivity contribution in [2.24, 2.45) is 0 Å². The quantitative estimate of drug-likeness (QED) is 0.489. The van der Waals surface area contributed by atoms with E-state index in [1.807, 2.05) is 6.07 Å². The molecule has 2 aromatic rings. The Kier molecular flexibility index (Phi) is 3.44. The predicted molar refractivity (Wildman–Crippen MR) is 73.3 cm³/mol. The summed E-state index contributed by atoms with van der Waals surface area (Å²) in [6.07, 6.45) is 0. The van der Waals surface area contributed by atoms with Crippen molar-refractivity contribution < 1.29 is 15.0 Å². The van der Waals surface area contributed by atoms with Crippen molar-refractivity contribution in [1.29, 1.82) is 5.26 Å². The molecule has 6 heteroatoms. The van der Waals surface area contributed by atoms with Gasteiger partial charge in [-0.1, -0.05) is 0 Å². The van der Waals surface area contributed by atoms with Gasteiger partial charge in [-0.3, -0.25) is 4.79 Å². The highest BCUT2D eigenvalue weighted by Gasteiger charge is 2.13. The second-order valence-corrected chi connectivity index (χ2v) is 4.07. The third-order valence-electron chi connectivity index (χ3n) is 2.65. The number of benzene rings is 2. The molecule has 0 saturated heterocycles. The van der Waals surface area contributed by atoms with Gasteiger partial charge in [0.15, 0.2) is 0 Å². The molecule has 1 amide bonds. The summed E-state index contributed by atoms with van der Waals surface area (Å²) in [5.41, 5.74) is 6.56. The highest BCUT2D eigenvalue weighted by atomic mass is 16.3. The van der Waals surface area contributed by atoms with Crippen LogP contribution in [0.15, 0.2) is 36.4 Å². The van der Waals surface area contributed by atoms with Crippen molar-refractivity contribution in [3.8, 4) is 17.6 Å². The second-order valence-electron chi connectivity index (χ2n) is 4.07. The molecule has 0 saturated carbocycles. The van der Waals surface area contributed by atoms with Gasteiger partial charge in [-0.25, -0.2) is 0 Å². The number of phenols is 2. The van der Waals surface area contributed by atoms with Gasteiger partial charge in [0.2, 0.25) is 0 Å². The first-order valence-electron chi connectivity index (χ1n) is 5.64. The molecule has 5 N–H and O–H groups in total. The number of nitriles is 1. The van der Waals surface area contributed by atoms with E-state index in [0.717, 1.165) is 6.07 Å². The van der Waals surface area contributed by atoms with Crippen LogP contribution in [-0.2, 0) is 0 Å². The Hall–Kier alpha value is -3.20. The van der Waals surface area contributed by atoms with Gasteiger partial charge in [0, 0.05) is 0 Å². The van der Waals surface area contributed by atoms with Crippen LogP contribution in [0.1, 0.15) is 15.9 Å². The molecule has 100 valence electrons. The van der Waals surface area contributed by atoms with Gasteiger partial charge >= 0.3 is 0 Å². The summed E-state index contributed by atoms with van der Waals surface area (Å²) in [5.74, 6) is -1.01. The van der Waals surface area contributed by atoms with E-state index in [-0.39, 0.29) is 22.7 Å². The van der Waals surface area contributed by atoms with E-state index in [0.29, 0.717) is 11.3 Å². The molecule has 0 atom stereocenters. The highest BCUT2D eigenvalue weighted by Crippen LogP contribution is 2.25. The van der Waals surface area contributed by atoms with Crippen LogP contribution in [0.2, 0.25) is 0 Å². The molecule has 0 radical (unpaired) electrons. The Morgan fingerprint density at radius 3 is 2.60 bits per heavy atom. The SMILES string of the molecule is N#Cc1ccc(NC(=O)c2cc(O)ccc2O)c(N)c1. The fourth-order valence-corrected chi connectivity index (χ4v) is 1.64. The molecule has 0 unspecified atom stereocenters. The minimum atomic E-state index is -0.616. The zero-order valence-corrected chi connectivity index (χ0v) is 10.3. The van der Waals surface area contributed by atoms with Gasteiger partial charge in [-0.05, 0) is 36.4 Å². The molecular formula is C14H11N3O3. The van der Waals surface area contributed by atoms with E-state index < -0.39 is 5.91 Å². The summed E-state index contributed by atoms with van der Waals surface area (Å²) in [4.78, 5) is 12.0. The number of rotatable bonds is 2. The van der Waals surface area contributed by atoms with Crippen LogP contribution < -0.4 is 11.1 Å². The Morgan fingerprint density at radius 2 is 1.95 bits per heavy atom. The van der Waals surface area contributed by atoms with Crippen LogP contribution in [0, 0.1) is 11.3 Å². The summed E-state index contributed by atoms with van der Waals surface area (Å²) in [7, 11) is 0. The fraction of sp³-hybridized carbons (Fsp3) is 0. The fourth-order valence-electron chi connectivity index (χ4n) is 1.64. The van der Waals surface area contributed by atoms with Crippen LogP contribution in [0.25, 0.3) is 0 Å². The smallest absolute Gasteiger partial charge is 0.259 e. The maximum atomic E-state index is 12.0. The number of phenolic OH excluding ortho intramolecular Hbond substituents is 2. The second kappa shape index (κ2) is 5.20. The van der Waals surface area contributed by atoms with E-state index in [2.05, 4.69) is 5.32 Å². The van der Waals surface area contributed by atoms with Gasteiger partial charge in [0.1, 0.15) is 11.5 Å². The van der Waals surface area contributed by atoms with E-state index in [4.69, 9.17) is 11.0 Å². The number of carbonyl (C=O) groups excluding carboxylic acids is 1. The van der Waals surface area contributed by atoms with E-state index >= 15 is 0 Å². The summed E-state index contributed by atoms with van der Waals surface area (Å²) >= 11 is 0.